The van der Waals surface area contributed by atoms with Crippen LogP contribution >= 0.6 is 15.9 Å². The number of fused-ring (bicyclic) bond motifs is 1. The molecule has 1 fully saturated rings. The van der Waals surface area contributed by atoms with E-state index in [9.17, 15) is 0 Å². The molecule has 0 spiro atoms. The van der Waals surface area contributed by atoms with Crippen LogP contribution in [0.1, 0.15) is 37.5 Å². The van der Waals surface area contributed by atoms with Gasteiger partial charge in [-0.15, -0.1) is 0 Å². The molecule has 1 aliphatic rings. The minimum atomic E-state index is 0.298. The highest BCUT2D eigenvalue weighted by molar-refractivity contribution is 9.10. The average Bonchev–Trinajstić information content (AvgIpc) is 2.74. The molecule has 17 heavy (non-hydrogen) atoms. The standard InChI is InChI=1S/C13H15BrN2O/c14-10-5-2-6-11-12(10)17-13(16-11)8-3-1-4-9(15)7-8/h2,5-6,8-9H,1,3-4,7,15H2. The fourth-order valence-corrected chi connectivity index (χ4v) is 3.00. The van der Waals surface area contributed by atoms with Gasteiger partial charge in [0.05, 0.1) is 4.47 Å². The monoisotopic (exact) mass is 294 g/mol. The molecule has 0 bridgehead atoms. The van der Waals surface area contributed by atoms with Crippen molar-refractivity contribution in [2.75, 3.05) is 0 Å². The lowest BCUT2D eigenvalue weighted by Crippen LogP contribution is -2.26. The molecule has 2 unspecified atom stereocenters. The Hall–Kier alpha value is -0.870. The number of hydrogen-bond donors (Lipinski definition) is 1. The summed E-state index contributed by atoms with van der Waals surface area (Å²) in [5, 5.41) is 0. The smallest absolute Gasteiger partial charge is 0.198 e. The van der Waals surface area contributed by atoms with Crippen LogP contribution in [0.4, 0.5) is 0 Å². The first kappa shape index (κ1) is 11.2. The van der Waals surface area contributed by atoms with Crippen molar-refractivity contribution in [3.63, 3.8) is 0 Å². The van der Waals surface area contributed by atoms with E-state index in [1.165, 1.54) is 6.42 Å². The van der Waals surface area contributed by atoms with E-state index in [1.807, 2.05) is 18.2 Å². The summed E-state index contributed by atoms with van der Waals surface area (Å²) in [4.78, 5) is 4.58. The Morgan fingerprint density at radius 3 is 3.00 bits per heavy atom. The molecular weight excluding hydrogens is 280 g/mol. The van der Waals surface area contributed by atoms with Crippen LogP contribution in [0.15, 0.2) is 27.1 Å². The highest BCUT2D eigenvalue weighted by atomic mass is 79.9. The van der Waals surface area contributed by atoms with E-state index in [2.05, 4.69) is 20.9 Å². The second-order valence-corrected chi connectivity index (χ2v) is 5.62. The molecule has 1 aliphatic carbocycles. The first-order valence-electron chi connectivity index (χ1n) is 6.04. The number of oxazole rings is 1. The van der Waals surface area contributed by atoms with Gasteiger partial charge < -0.3 is 10.2 Å². The minimum absolute atomic E-state index is 0.298. The number of halogens is 1. The molecule has 0 radical (unpaired) electrons. The third-order valence-corrected chi connectivity index (χ3v) is 4.07. The Labute approximate surface area is 109 Å². The molecule has 0 saturated heterocycles. The number of rotatable bonds is 1. The van der Waals surface area contributed by atoms with Gasteiger partial charge >= 0.3 is 0 Å². The number of nitrogens with zero attached hydrogens (tertiary/aromatic N) is 1. The molecule has 1 heterocycles. The van der Waals surface area contributed by atoms with Crippen molar-refractivity contribution >= 4 is 27.0 Å². The lowest BCUT2D eigenvalue weighted by atomic mass is 9.86. The first-order valence-corrected chi connectivity index (χ1v) is 6.84. The van der Waals surface area contributed by atoms with Crippen LogP contribution in [-0.2, 0) is 0 Å². The second kappa shape index (κ2) is 4.42. The van der Waals surface area contributed by atoms with E-state index in [4.69, 9.17) is 10.2 Å². The molecule has 1 aromatic heterocycles. The van der Waals surface area contributed by atoms with Gasteiger partial charge in [0.1, 0.15) is 5.52 Å². The van der Waals surface area contributed by atoms with Crippen molar-refractivity contribution in [1.29, 1.82) is 0 Å². The second-order valence-electron chi connectivity index (χ2n) is 4.76. The summed E-state index contributed by atoms with van der Waals surface area (Å²) in [5.41, 5.74) is 7.78. The normalized spacial score (nSPS) is 25.3. The van der Waals surface area contributed by atoms with Crippen LogP contribution in [0.5, 0.6) is 0 Å². The van der Waals surface area contributed by atoms with E-state index in [1.54, 1.807) is 0 Å². The van der Waals surface area contributed by atoms with E-state index in [0.717, 1.165) is 40.7 Å². The fraction of sp³-hybridized carbons (Fsp3) is 0.462. The molecule has 1 aromatic carbocycles. The van der Waals surface area contributed by atoms with Gasteiger partial charge in [0.2, 0.25) is 0 Å². The van der Waals surface area contributed by atoms with Crippen LogP contribution in [0.25, 0.3) is 11.1 Å². The quantitative estimate of drug-likeness (QED) is 0.875. The summed E-state index contributed by atoms with van der Waals surface area (Å²) in [7, 11) is 0. The van der Waals surface area contributed by atoms with Crippen LogP contribution < -0.4 is 5.73 Å². The predicted octanol–water partition coefficient (Wildman–Crippen LogP) is 3.58. The molecular formula is C13H15BrN2O. The Kier molecular flexibility index (Phi) is 2.92. The highest BCUT2D eigenvalue weighted by Crippen LogP contribution is 2.34. The number of nitrogens with two attached hydrogens (primary N) is 1. The van der Waals surface area contributed by atoms with Gasteiger partial charge in [0, 0.05) is 12.0 Å². The van der Waals surface area contributed by atoms with Crippen molar-refractivity contribution < 1.29 is 4.42 Å². The van der Waals surface area contributed by atoms with E-state index >= 15 is 0 Å². The van der Waals surface area contributed by atoms with Crippen LogP contribution in [0.2, 0.25) is 0 Å². The fourth-order valence-electron chi connectivity index (χ4n) is 2.56. The molecule has 4 heteroatoms. The maximum atomic E-state index is 6.01. The zero-order valence-corrected chi connectivity index (χ0v) is 11.1. The average molecular weight is 295 g/mol. The van der Waals surface area contributed by atoms with Gasteiger partial charge in [-0.25, -0.2) is 4.98 Å². The van der Waals surface area contributed by atoms with Crippen molar-refractivity contribution in [2.24, 2.45) is 5.73 Å². The lowest BCUT2D eigenvalue weighted by molar-refractivity contribution is 0.342. The summed E-state index contributed by atoms with van der Waals surface area (Å²) in [6, 6.07) is 6.23. The third kappa shape index (κ3) is 2.11. The number of aromatic nitrogens is 1. The Morgan fingerprint density at radius 2 is 2.24 bits per heavy atom. The maximum absolute atomic E-state index is 6.01. The van der Waals surface area contributed by atoms with Crippen LogP contribution in [0.3, 0.4) is 0 Å². The predicted molar refractivity (Wildman–Crippen MR) is 70.9 cm³/mol. The van der Waals surface area contributed by atoms with E-state index in [0.29, 0.717) is 12.0 Å². The van der Waals surface area contributed by atoms with E-state index < -0.39 is 0 Å². The molecule has 90 valence electrons. The molecule has 2 N–H and O–H groups in total. The largest absolute Gasteiger partial charge is 0.439 e. The summed E-state index contributed by atoms with van der Waals surface area (Å²) in [5.74, 6) is 1.24. The molecule has 2 atom stereocenters. The minimum Gasteiger partial charge on any atom is -0.439 e. The van der Waals surface area contributed by atoms with Crippen molar-refractivity contribution in [3.8, 4) is 0 Å². The summed E-state index contributed by atoms with van der Waals surface area (Å²) in [6.45, 7) is 0. The number of para-hydroxylation sites is 1. The molecule has 3 nitrogen and oxygen atoms in total. The first-order chi connectivity index (χ1) is 8.24. The van der Waals surface area contributed by atoms with E-state index in [-0.39, 0.29) is 0 Å². The zero-order chi connectivity index (χ0) is 11.8. The van der Waals surface area contributed by atoms with Crippen LogP contribution in [-0.4, -0.2) is 11.0 Å². The topological polar surface area (TPSA) is 52.0 Å². The zero-order valence-electron chi connectivity index (χ0n) is 9.53. The van der Waals surface area contributed by atoms with Crippen molar-refractivity contribution in [2.45, 2.75) is 37.6 Å². The van der Waals surface area contributed by atoms with Gasteiger partial charge in [-0.2, -0.15) is 0 Å². The Balaban J connectivity index is 1.97. The number of benzene rings is 1. The van der Waals surface area contributed by atoms with Gasteiger partial charge in [-0.1, -0.05) is 12.5 Å². The van der Waals surface area contributed by atoms with Gasteiger partial charge in [0.15, 0.2) is 11.5 Å². The third-order valence-electron chi connectivity index (χ3n) is 3.45. The van der Waals surface area contributed by atoms with Gasteiger partial charge in [-0.05, 0) is 47.3 Å². The van der Waals surface area contributed by atoms with Gasteiger partial charge in [0.25, 0.3) is 0 Å². The maximum Gasteiger partial charge on any atom is 0.198 e. The lowest BCUT2D eigenvalue weighted by Gasteiger charge is -2.23. The molecule has 1 saturated carbocycles. The van der Waals surface area contributed by atoms with Crippen molar-refractivity contribution in [3.05, 3.63) is 28.6 Å². The summed E-state index contributed by atoms with van der Waals surface area (Å²) in [6.07, 6.45) is 4.43. The molecule has 0 amide bonds. The van der Waals surface area contributed by atoms with Crippen molar-refractivity contribution in [1.82, 2.24) is 4.98 Å². The van der Waals surface area contributed by atoms with Gasteiger partial charge in [-0.3, -0.25) is 0 Å². The number of hydrogen-bond acceptors (Lipinski definition) is 3. The Morgan fingerprint density at radius 1 is 1.35 bits per heavy atom. The molecule has 0 aliphatic heterocycles. The molecule has 2 aromatic rings. The van der Waals surface area contributed by atoms with Crippen LogP contribution in [0, 0.1) is 0 Å². The SMILES string of the molecule is NC1CCCC(c2nc3cccc(Br)c3o2)C1. The summed E-state index contributed by atoms with van der Waals surface area (Å²) >= 11 is 3.49. The summed E-state index contributed by atoms with van der Waals surface area (Å²) < 4.78 is 6.84. The Bertz CT molecular complexity index is 537. The molecule has 3 rings (SSSR count). The highest BCUT2D eigenvalue weighted by Gasteiger charge is 2.25.